The van der Waals surface area contributed by atoms with E-state index in [2.05, 4.69) is 5.32 Å². The molecular formula is C15H26N2O4S. The average molecular weight is 330 g/mol. The highest BCUT2D eigenvalue weighted by molar-refractivity contribution is 7.88. The molecule has 2 saturated heterocycles. The normalized spacial score (nSPS) is 29.4. The summed E-state index contributed by atoms with van der Waals surface area (Å²) >= 11 is 0. The molecule has 0 aromatic carbocycles. The van der Waals surface area contributed by atoms with Gasteiger partial charge in [-0.15, -0.1) is 0 Å². The van der Waals surface area contributed by atoms with Crippen LogP contribution in [0.3, 0.4) is 0 Å². The van der Waals surface area contributed by atoms with Crippen LogP contribution in [0.15, 0.2) is 0 Å². The fraction of sp³-hybridized carbons (Fsp3) is 0.933. The first-order chi connectivity index (χ1) is 10.4. The topological polar surface area (TPSA) is 75.7 Å². The quantitative estimate of drug-likeness (QED) is 0.825. The predicted molar refractivity (Wildman–Crippen MR) is 82.8 cm³/mol. The van der Waals surface area contributed by atoms with Crippen LogP contribution in [0.25, 0.3) is 0 Å². The van der Waals surface area contributed by atoms with Crippen molar-refractivity contribution in [3.8, 4) is 0 Å². The molecule has 2 heterocycles. The van der Waals surface area contributed by atoms with Crippen molar-refractivity contribution < 1.29 is 17.9 Å². The van der Waals surface area contributed by atoms with Crippen molar-refractivity contribution in [2.24, 2.45) is 11.3 Å². The summed E-state index contributed by atoms with van der Waals surface area (Å²) in [4.78, 5) is 12.1. The second-order valence-corrected chi connectivity index (χ2v) is 9.10. The van der Waals surface area contributed by atoms with Gasteiger partial charge in [0, 0.05) is 26.1 Å². The number of nitrogens with one attached hydrogen (secondary N) is 1. The Hall–Kier alpha value is -0.660. The lowest BCUT2D eigenvalue weighted by molar-refractivity contribution is -0.126. The lowest BCUT2D eigenvalue weighted by Gasteiger charge is -2.48. The van der Waals surface area contributed by atoms with E-state index in [0.29, 0.717) is 38.6 Å². The number of ether oxygens (including phenoxy) is 1. The SMILES string of the molecule is CS(=O)(=O)N1CCC2(CCOC[C@H]2NC(=O)CC2CC2)CC1. The molecule has 0 aromatic rings. The van der Waals surface area contributed by atoms with E-state index in [1.165, 1.54) is 19.1 Å². The van der Waals surface area contributed by atoms with E-state index in [9.17, 15) is 13.2 Å². The summed E-state index contributed by atoms with van der Waals surface area (Å²) < 4.78 is 30.5. The fourth-order valence-electron chi connectivity index (χ4n) is 3.72. The molecule has 3 rings (SSSR count). The molecule has 3 fully saturated rings. The van der Waals surface area contributed by atoms with Crippen LogP contribution in [0.4, 0.5) is 0 Å². The van der Waals surface area contributed by atoms with Crippen LogP contribution < -0.4 is 5.32 Å². The minimum absolute atomic E-state index is 0.00134. The molecule has 22 heavy (non-hydrogen) atoms. The lowest BCUT2D eigenvalue weighted by Crippen LogP contribution is -2.58. The Kier molecular flexibility index (Phi) is 4.49. The molecular weight excluding hydrogens is 304 g/mol. The minimum Gasteiger partial charge on any atom is -0.379 e. The second kappa shape index (κ2) is 6.09. The third-order valence-electron chi connectivity index (χ3n) is 5.46. The zero-order valence-electron chi connectivity index (χ0n) is 13.2. The van der Waals surface area contributed by atoms with Crippen LogP contribution in [-0.4, -0.2) is 57.2 Å². The molecule has 2 aliphatic heterocycles. The molecule has 1 saturated carbocycles. The van der Waals surface area contributed by atoms with Crippen LogP contribution >= 0.6 is 0 Å². The van der Waals surface area contributed by atoms with Gasteiger partial charge in [-0.2, -0.15) is 0 Å². The van der Waals surface area contributed by atoms with E-state index in [1.54, 1.807) is 4.31 Å². The minimum atomic E-state index is -3.11. The molecule has 1 N–H and O–H groups in total. The molecule has 0 unspecified atom stereocenters. The van der Waals surface area contributed by atoms with Crippen LogP contribution in [0.1, 0.15) is 38.5 Å². The van der Waals surface area contributed by atoms with Crippen molar-refractivity contribution in [3.05, 3.63) is 0 Å². The van der Waals surface area contributed by atoms with Gasteiger partial charge in [-0.25, -0.2) is 12.7 Å². The number of hydrogen-bond acceptors (Lipinski definition) is 4. The van der Waals surface area contributed by atoms with E-state index in [0.717, 1.165) is 19.3 Å². The summed E-state index contributed by atoms with van der Waals surface area (Å²) in [5.74, 6) is 0.704. The molecule has 3 aliphatic rings. The Bertz CT molecular complexity index is 522. The fourth-order valence-corrected chi connectivity index (χ4v) is 4.57. The number of carbonyl (C=O) groups excluding carboxylic acids is 1. The van der Waals surface area contributed by atoms with E-state index in [1.807, 2.05) is 0 Å². The van der Waals surface area contributed by atoms with Crippen LogP contribution in [0, 0.1) is 11.3 Å². The zero-order chi connectivity index (χ0) is 15.8. The largest absolute Gasteiger partial charge is 0.379 e. The lowest BCUT2D eigenvalue weighted by atomic mass is 9.69. The number of carbonyl (C=O) groups is 1. The van der Waals surface area contributed by atoms with Gasteiger partial charge in [0.2, 0.25) is 15.9 Å². The van der Waals surface area contributed by atoms with Crippen molar-refractivity contribution in [1.29, 1.82) is 0 Å². The molecule has 126 valence electrons. The third-order valence-corrected chi connectivity index (χ3v) is 6.76. The summed E-state index contributed by atoms with van der Waals surface area (Å²) in [6.07, 6.45) is 6.74. The van der Waals surface area contributed by atoms with Gasteiger partial charge in [-0.3, -0.25) is 4.79 Å². The van der Waals surface area contributed by atoms with Gasteiger partial charge < -0.3 is 10.1 Å². The molecule has 1 amide bonds. The Labute approximate surface area is 132 Å². The monoisotopic (exact) mass is 330 g/mol. The molecule has 6 nitrogen and oxygen atoms in total. The summed E-state index contributed by atoms with van der Waals surface area (Å²) in [5.41, 5.74) is -0.00134. The van der Waals surface area contributed by atoms with Gasteiger partial charge >= 0.3 is 0 Å². The van der Waals surface area contributed by atoms with Gasteiger partial charge in [0.15, 0.2) is 0 Å². The van der Waals surface area contributed by atoms with Gasteiger partial charge in [-0.1, -0.05) is 0 Å². The number of nitrogens with zero attached hydrogens (tertiary/aromatic N) is 1. The molecule has 7 heteroatoms. The van der Waals surface area contributed by atoms with Crippen LogP contribution in [0.2, 0.25) is 0 Å². The van der Waals surface area contributed by atoms with Gasteiger partial charge in [0.25, 0.3) is 0 Å². The standard InChI is InChI=1S/C15H26N2O4S/c1-22(19,20)17-7-4-15(5-8-17)6-9-21-11-13(15)16-14(18)10-12-2-3-12/h12-13H,2-11H2,1H3,(H,16,18)/t13-/m1/s1. The number of rotatable bonds is 4. The van der Waals surface area contributed by atoms with Crippen LogP contribution in [-0.2, 0) is 19.6 Å². The first kappa shape index (κ1) is 16.2. The van der Waals surface area contributed by atoms with Crippen molar-refractivity contribution in [1.82, 2.24) is 9.62 Å². The molecule has 1 atom stereocenters. The number of amides is 1. The maximum atomic E-state index is 12.1. The second-order valence-electron chi connectivity index (χ2n) is 7.12. The van der Waals surface area contributed by atoms with Crippen molar-refractivity contribution in [2.45, 2.75) is 44.6 Å². The van der Waals surface area contributed by atoms with Crippen molar-refractivity contribution >= 4 is 15.9 Å². The summed E-state index contributed by atoms with van der Waals surface area (Å²) in [6.45, 7) is 2.35. The van der Waals surface area contributed by atoms with Gasteiger partial charge in [0.1, 0.15) is 0 Å². The Balaban J connectivity index is 1.63. The number of piperidine rings is 1. The van der Waals surface area contributed by atoms with E-state index in [-0.39, 0.29) is 17.4 Å². The average Bonchev–Trinajstić information content (AvgIpc) is 3.25. The highest BCUT2D eigenvalue weighted by atomic mass is 32.2. The predicted octanol–water partition coefficient (Wildman–Crippen LogP) is 0.733. The molecule has 0 aromatic heterocycles. The highest BCUT2D eigenvalue weighted by Gasteiger charge is 2.45. The van der Waals surface area contributed by atoms with Gasteiger partial charge in [0.05, 0.1) is 18.9 Å². The van der Waals surface area contributed by atoms with Crippen molar-refractivity contribution in [3.63, 3.8) is 0 Å². The molecule has 1 spiro atoms. The zero-order valence-corrected chi connectivity index (χ0v) is 14.0. The molecule has 0 bridgehead atoms. The Morgan fingerprint density at radius 1 is 1.27 bits per heavy atom. The maximum absolute atomic E-state index is 12.1. The third kappa shape index (κ3) is 3.63. The van der Waals surface area contributed by atoms with E-state index < -0.39 is 10.0 Å². The summed E-state index contributed by atoms with van der Waals surface area (Å²) in [5, 5.41) is 3.17. The maximum Gasteiger partial charge on any atom is 0.220 e. The highest BCUT2D eigenvalue weighted by Crippen LogP contribution is 2.41. The first-order valence-electron chi connectivity index (χ1n) is 8.21. The number of sulfonamides is 1. The molecule has 0 radical (unpaired) electrons. The van der Waals surface area contributed by atoms with E-state index >= 15 is 0 Å². The summed E-state index contributed by atoms with van der Waals surface area (Å²) in [7, 11) is -3.11. The molecule has 1 aliphatic carbocycles. The summed E-state index contributed by atoms with van der Waals surface area (Å²) in [6, 6.07) is 0.0224. The van der Waals surface area contributed by atoms with E-state index in [4.69, 9.17) is 4.74 Å². The Morgan fingerprint density at radius 2 is 1.95 bits per heavy atom. The smallest absolute Gasteiger partial charge is 0.220 e. The van der Waals surface area contributed by atoms with Gasteiger partial charge in [-0.05, 0) is 43.4 Å². The van der Waals surface area contributed by atoms with Crippen LogP contribution in [0.5, 0.6) is 0 Å². The Morgan fingerprint density at radius 3 is 2.55 bits per heavy atom. The number of hydrogen-bond donors (Lipinski definition) is 1. The van der Waals surface area contributed by atoms with Crippen molar-refractivity contribution in [2.75, 3.05) is 32.6 Å². The first-order valence-corrected chi connectivity index (χ1v) is 10.1.